The van der Waals surface area contributed by atoms with Crippen LogP contribution in [0.15, 0.2) is 42.5 Å². The molecular formula is C19H22FN3O3. The summed E-state index contributed by atoms with van der Waals surface area (Å²) in [5.41, 5.74) is 1.39. The Morgan fingerprint density at radius 2 is 1.81 bits per heavy atom. The second-order valence-corrected chi connectivity index (χ2v) is 5.95. The second-order valence-electron chi connectivity index (χ2n) is 5.95. The molecule has 6 nitrogen and oxygen atoms in total. The largest absolute Gasteiger partial charge is 0.497 e. The van der Waals surface area contributed by atoms with Gasteiger partial charge in [0.25, 0.3) is 0 Å². The first-order valence-corrected chi connectivity index (χ1v) is 8.39. The van der Waals surface area contributed by atoms with Crippen LogP contribution in [0.25, 0.3) is 0 Å². The smallest absolute Gasteiger partial charge is 0.321 e. The molecule has 26 heavy (non-hydrogen) atoms. The predicted octanol–water partition coefficient (Wildman–Crippen LogP) is 3.20. The van der Waals surface area contributed by atoms with Crippen LogP contribution in [-0.2, 0) is 0 Å². The molecule has 7 heteroatoms. The number of halogens is 1. The van der Waals surface area contributed by atoms with E-state index in [-0.39, 0.29) is 11.8 Å². The zero-order valence-electron chi connectivity index (χ0n) is 14.9. The topological polar surface area (TPSA) is 54.0 Å². The van der Waals surface area contributed by atoms with Gasteiger partial charge in [-0.2, -0.15) is 0 Å². The molecule has 1 saturated heterocycles. The number of carbonyl (C=O) groups is 1. The van der Waals surface area contributed by atoms with Gasteiger partial charge in [0.15, 0.2) is 0 Å². The van der Waals surface area contributed by atoms with E-state index < -0.39 is 0 Å². The summed E-state index contributed by atoms with van der Waals surface area (Å²) < 4.78 is 24.0. The molecule has 0 unspecified atom stereocenters. The maximum Gasteiger partial charge on any atom is 0.321 e. The summed E-state index contributed by atoms with van der Waals surface area (Å²) in [6.07, 6.45) is 0. The van der Waals surface area contributed by atoms with Crippen LogP contribution >= 0.6 is 0 Å². The minimum Gasteiger partial charge on any atom is -0.497 e. The van der Waals surface area contributed by atoms with Gasteiger partial charge in [-0.3, -0.25) is 0 Å². The van der Waals surface area contributed by atoms with Crippen LogP contribution in [0.1, 0.15) is 0 Å². The molecule has 0 spiro atoms. The highest BCUT2D eigenvalue weighted by atomic mass is 19.1. The van der Waals surface area contributed by atoms with Crippen LogP contribution < -0.4 is 19.7 Å². The Morgan fingerprint density at radius 1 is 1.04 bits per heavy atom. The molecule has 2 aromatic rings. The lowest BCUT2D eigenvalue weighted by molar-refractivity contribution is 0.208. The number of ether oxygens (including phenoxy) is 2. The quantitative estimate of drug-likeness (QED) is 0.911. The first kappa shape index (κ1) is 17.8. The van der Waals surface area contributed by atoms with Crippen molar-refractivity contribution in [1.82, 2.24) is 4.90 Å². The predicted molar refractivity (Wildman–Crippen MR) is 98.8 cm³/mol. The molecule has 2 amide bonds. The van der Waals surface area contributed by atoms with Crippen molar-refractivity contribution < 1.29 is 18.7 Å². The third-order valence-corrected chi connectivity index (χ3v) is 4.37. The fourth-order valence-corrected chi connectivity index (χ4v) is 2.96. The second kappa shape index (κ2) is 7.95. The van der Waals surface area contributed by atoms with E-state index in [1.807, 2.05) is 18.2 Å². The van der Waals surface area contributed by atoms with E-state index >= 15 is 0 Å². The van der Waals surface area contributed by atoms with Crippen LogP contribution in [-0.4, -0.2) is 51.3 Å². The summed E-state index contributed by atoms with van der Waals surface area (Å²) in [6.45, 7) is 2.45. The highest BCUT2D eigenvalue weighted by Gasteiger charge is 2.23. The number of nitrogens with one attached hydrogen (secondary N) is 1. The Morgan fingerprint density at radius 3 is 2.46 bits per heavy atom. The van der Waals surface area contributed by atoms with Crippen molar-refractivity contribution in [1.29, 1.82) is 0 Å². The summed E-state index contributed by atoms with van der Waals surface area (Å²) in [4.78, 5) is 16.3. The number of methoxy groups -OCH3 is 2. The highest BCUT2D eigenvalue weighted by molar-refractivity contribution is 5.89. The summed E-state index contributed by atoms with van der Waals surface area (Å²) >= 11 is 0. The minimum absolute atomic E-state index is 0.229. The van der Waals surface area contributed by atoms with Crippen molar-refractivity contribution in [2.24, 2.45) is 0 Å². The van der Waals surface area contributed by atoms with Gasteiger partial charge in [-0.05, 0) is 30.3 Å². The van der Waals surface area contributed by atoms with E-state index in [4.69, 9.17) is 9.47 Å². The fraction of sp³-hybridized carbons (Fsp3) is 0.316. The number of piperazine rings is 1. The number of hydrogen-bond acceptors (Lipinski definition) is 4. The number of anilines is 2. The average Bonchev–Trinajstić information content (AvgIpc) is 2.67. The zero-order valence-corrected chi connectivity index (χ0v) is 14.9. The molecule has 0 radical (unpaired) electrons. The minimum atomic E-state index is -0.377. The summed E-state index contributed by atoms with van der Waals surface area (Å²) in [5, 5.41) is 2.73. The normalized spacial score (nSPS) is 14.1. The van der Waals surface area contributed by atoms with Gasteiger partial charge in [0.1, 0.15) is 17.3 Å². The van der Waals surface area contributed by atoms with Crippen molar-refractivity contribution in [3.8, 4) is 11.5 Å². The lowest BCUT2D eigenvalue weighted by atomic mass is 10.2. The van der Waals surface area contributed by atoms with E-state index in [9.17, 15) is 9.18 Å². The van der Waals surface area contributed by atoms with Gasteiger partial charge in [-0.1, -0.05) is 6.07 Å². The Hall–Kier alpha value is -2.96. The van der Waals surface area contributed by atoms with E-state index in [2.05, 4.69) is 10.2 Å². The van der Waals surface area contributed by atoms with E-state index in [0.29, 0.717) is 31.9 Å². The molecule has 1 N–H and O–H groups in total. The zero-order chi connectivity index (χ0) is 18.5. The molecule has 138 valence electrons. The van der Waals surface area contributed by atoms with E-state index in [0.717, 1.165) is 17.2 Å². The number of nitrogens with zero attached hydrogens (tertiary/aromatic N) is 2. The molecule has 1 heterocycles. The molecule has 0 aliphatic carbocycles. The number of benzene rings is 2. The number of amides is 2. The SMILES string of the molecule is COc1ccc(OC)c(N2CCN(C(=O)Nc3cccc(F)c3)CC2)c1. The van der Waals surface area contributed by atoms with Gasteiger partial charge in [0.05, 0.1) is 19.9 Å². The summed E-state index contributed by atoms with van der Waals surface area (Å²) in [6, 6.07) is 11.3. The third kappa shape index (κ3) is 3.99. The van der Waals surface area contributed by atoms with E-state index in [1.54, 1.807) is 31.3 Å². The Balaban J connectivity index is 1.63. The summed E-state index contributed by atoms with van der Waals surface area (Å²) in [7, 11) is 3.26. The third-order valence-electron chi connectivity index (χ3n) is 4.37. The van der Waals surface area contributed by atoms with Gasteiger partial charge >= 0.3 is 6.03 Å². The average molecular weight is 359 g/mol. The van der Waals surface area contributed by atoms with Crippen molar-refractivity contribution in [2.45, 2.75) is 0 Å². The molecule has 1 aliphatic heterocycles. The van der Waals surface area contributed by atoms with Crippen molar-refractivity contribution in [2.75, 3.05) is 50.6 Å². The van der Waals surface area contributed by atoms with Crippen molar-refractivity contribution >= 4 is 17.4 Å². The van der Waals surface area contributed by atoms with Gasteiger partial charge in [0, 0.05) is 37.9 Å². The number of rotatable bonds is 4. The molecule has 0 saturated carbocycles. The lowest BCUT2D eigenvalue weighted by Gasteiger charge is -2.36. The van der Waals surface area contributed by atoms with E-state index in [1.165, 1.54) is 12.1 Å². The highest BCUT2D eigenvalue weighted by Crippen LogP contribution is 2.32. The molecule has 1 fully saturated rings. The Bertz CT molecular complexity index is 776. The standard InChI is InChI=1S/C19H22FN3O3/c1-25-16-6-7-18(26-2)17(13-16)22-8-10-23(11-9-22)19(24)21-15-5-3-4-14(20)12-15/h3-7,12-13H,8-11H2,1-2H3,(H,21,24). The molecule has 3 rings (SSSR count). The van der Waals surface area contributed by atoms with Gasteiger partial charge in [-0.15, -0.1) is 0 Å². The molecule has 2 aromatic carbocycles. The van der Waals surface area contributed by atoms with Crippen LogP contribution in [0.3, 0.4) is 0 Å². The maximum atomic E-state index is 13.2. The molecule has 0 aromatic heterocycles. The lowest BCUT2D eigenvalue weighted by Crippen LogP contribution is -2.50. The number of urea groups is 1. The monoisotopic (exact) mass is 359 g/mol. The molecular weight excluding hydrogens is 337 g/mol. The van der Waals surface area contributed by atoms with Gasteiger partial charge in [0.2, 0.25) is 0 Å². The molecule has 0 bridgehead atoms. The fourth-order valence-electron chi connectivity index (χ4n) is 2.96. The first-order chi connectivity index (χ1) is 12.6. The Kier molecular flexibility index (Phi) is 5.46. The van der Waals surface area contributed by atoms with Crippen LogP contribution in [0, 0.1) is 5.82 Å². The first-order valence-electron chi connectivity index (χ1n) is 8.39. The number of carbonyl (C=O) groups excluding carboxylic acids is 1. The maximum absolute atomic E-state index is 13.2. The Labute approximate surface area is 152 Å². The number of hydrogen-bond donors (Lipinski definition) is 1. The van der Waals surface area contributed by atoms with Crippen molar-refractivity contribution in [3.63, 3.8) is 0 Å². The van der Waals surface area contributed by atoms with Crippen LogP contribution in [0.5, 0.6) is 11.5 Å². The molecule has 1 aliphatic rings. The van der Waals surface area contributed by atoms with Crippen molar-refractivity contribution in [3.05, 3.63) is 48.3 Å². The summed E-state index contributed by atoms with van der Waals surface area (Å²) in [5.74, 6) is 1.15. The molecule has 0 atom stereocenters. The van der Waals surface area contributed by atoms with Crippen LogP contribution in [0.4, 0.5) is 20.6 Å². The van der Waals surface area contributed by atoms with Crippen LogP contribution in [0.2, 0.25) is 0 Å². The van der Waals surface area contributed by atoms with Gasteiger partial charge in [-0.25, -0.2) is 9.18 Å². The van der Waals surface area contributed by atoms with Gasteiger partial charge < -0.3 is 24.6 Å².